The van der Waals surface area contributed by atoms with Gasteiger partial charge in [-0.15, -0.1) is 5.10 Å². The summed E-state index contributed by atoms with van der Waals surface area (Å²) in [5.41, 5.74) is 7.55. The first-order valence-electron chi connectivity index (χ1n) is 5.44. The molecule has 0 atom stereocenters. The van der Waals surface area contributed by atoms with Crippen LogP contribution >= 0.6 is 11.8 Å². The molecule has 6 heteroatoms. The molecule has 3 N–H and O–H groups in total. The normalized spacial score (nSPS) is 10.9. The zero-order valence-corrected chi connectivity index (χ0v) is 10.5. The molecule has 2 heterocycles. The van der Waals surface area contributed by atoms with E-state index in [0.29, 0.717) is 10.8 Å². The van der Waals surface area contributed by atoms with Gasteiger partial charge in [0.1, 0.15) is 5.82 Å². The van der Waals surface area contributed by atoms with Crippen molar-refractivity contribution < 1.29 is 0 Å². The van der Waals surface area contributed by atoms with Crippen molar-refractivity contribution in [1.29, 1.82) is 0 Å². The molecule has 0 saturated carbocycles. The largest absolute Gasteiger partial charge is 0.397 e. The summed E-state index contributed by atoms with van der Waals surface area (Å²) in [5.74, 6) is 0.787. The number of para-hydroxylation sites is 1. The van der Waals surface area contributed by atoms with Crippen molar-refractivity contribution in [2.45, 2.75) is 17.0 Å². The summed E-state index contributed by atoms with van der Waals surface area (Å²) in [4.78, 5) is 9.52. The molecule has 0 saturated heterocycles. The van der Waals surface area contributed by atoms with E-state index >= 15 is 0 Å². The molecule has 0 aliphatic rings. The number of H-pyrrole nitrogens is 1. The van der Waals surface area contributed by atoms with Gasteiger partial charge in [-0.3, -0.25) is 10.1 Å². The van der Waals surface area contributed by atoms with Crippen molar-refractivity contribution in [2.24, 2.45) is 0 Å². The van der Waals surface area contributed by atoms with Gasteiger partial charge in [0.25, 0.3) is 0 Å². The maximum Gasteiger partial charge on any atom is 0.213 e. The van der Waals surface area contributed by atoms with Gasteiger partial charge in [-0.05, 0) is 24.8 Å². The Morgan fingerprint density at radius 2 is 2.11 bits per heavy atom. The van der Waals surface area contributed by atoms with Gasteiger partial charge >= 0.3 is 0 Å². The van der Waals surface area contributed by atoms with Gasteiger partial charge in [-0.2, -0.15) is 0 Å². The van der Waals surface area contributed by atoms with Crippen LogP contribution in [0, 0.1) is 6.92 Å². The number of nitrogens with one attached hydrogen (secondary N) is 1. The lowest BCUT2D eigenvalue weighted by Gasteiger charge is -2.06. The van der Waals surface area contributed by atoms with Crippen LogP contribution in [-0.2, 0) is 0 Å². The number of anilines is 1. The molecule has 0 bridgehead atoms. The number of aromatic nitrogens is 4. The highest BCUT2D eigenvalue weighted by atomic mass is 32.2. The van der Waals surface area contributed by atoms with Crippen LogP contribution in [0.1, 0.15) is 5.82 Å². The number of pyridine rings is 1. The zero-order chi connectivity index (χ0) is 12.5. The van der Waals surface area contributed by atoms with Gasteiger partial charge in [-0.1, -0.05) is 18.2 Å². The van der Waals surface area contributed by atoms with Crippen LogP contribution < -0.4 is 5.73 Å². The first-order valence-corrected chi connectivity index (χ1v) is 6.26. The number of nitrogen functional groups attached to an aromatic ring is 1. The fourth-order valence-electron chi connectivity index (χ4n) is 1.70. The third-order valence-electron chi connectivity index (χ3n) is 2.52. The van der Waals surface area contributed by atoms with Crippen LogP contribution in [0.4, 0.5) is 5.69 Å². The molecular formula is C12H11N5S. The monoisotopic (exact) mass is 257 g/mol. The van der Waals surface area contributed by atoms with Gasteiger partial charge < -0.3 is 5.73 Å². The average Bonchev–Trinajstić information content (AvgIpc) is 2.79. The molecule has 0 unspecified atom stereocenters. The fraction of sp³-hybridized carbons (Fsp3) is 0.0833. The number of rotatable bonds is 2. The Kier molecular flexibility index (Phi) is 2.64. The van der Waals surface area contributed by atoms with Crippen LogP contribution in [0.25, 0.3) is 10.9 Å². The van der Waals surface area contributed by atoms with Crippen molar-refractivity contribution >= 4 is 28.4 Å². The molecule has 0 amide bonds. The molecule has 5 nitrogen and oxygen atoms in total. The van der Waals surface area contributed by atoms with Crippen molar-refractivity contribution in [3.05, 3.63) is 36.3 Å². The molecule has 90 valence electrons. The predicted octanol–water partition coefficient (Wildman–Crippen LogP) is 2.39. The van der Waals surface area contributed by atoms with Crippen molar-refractivity contribution in [3.63, 3.8) is 0 Å². The Morgan fingerprint density at radius 3 is 2.89 bits per heavy atom. The van der Waals surface area contributed by atoms with Crippen molar-refractivity contribution in [3.8, 4) is 0 Å². The zero-order valence-electron chi connectivity index (χ0n) is 9.71. The number of hydrogen-bond donors (Lipinski definition) is 2. The molecule has 0 fully saturated rings. The standard InChI is InChI=1S/C12H11N5S/c1-7-15-12(17-16-7)18-11-8-4-2-3-5-10(8)14-6-9(11)13/h2-6H,13H2,1H3,(H,15,16,17). The van der Waals surface area contributed by atoms with Crippen LogP contribution in [-0.4, -0.2) is 20.2 Å². The summed E-state index contributed by atoms with van der Waals surface area (Å²) < 4.78 is 0. The number of benzene rings is 1. The molecule has 18 heavy (non-hydrogen) atoms. The first-order chi connectivity index (χ1) is 8.74. The van der Waals surface area contributed by atoms with Crippen LogP contribution in [0.15, 0.2) is 40.5 Å². The molecule has 2 aromatic heterocycles. The van der Waals surface area contributed by atoms with E-state index in [9.17, 15) is 0 Å². The number of aromatic amines is 1. The van der Waals surface area contributed by atoms with E-state index in [1.165, 1.54) is 11.8 Å². The second kappa shape index (κ2) is 4.30. The van der Waals surface area contributed by atoms with Gasteiger partial charge in [0, 0.05) is 10.3 Å². The molecule has 0 radical (unpaired) electrons. The lowest BCUT2D eigenvalue weighted by atomic mass is 10.2. The number of aryl methyl sites for hydroxylation is 1. The third kappa shape index (κ3) is 1.91. The van der Waals surface area contributed by atoms with Gasteiger partial charge in [0.15, 0.2) is 0 Å². The minimum atomic E-state index is 0.640. The van der Waals surface area contributed by atoms with Crippen LogP contribution in [0.2, 0.25) is 0 Å². The summed E-state index contributed by atoms with van der Waals surface area (Å²) >= 11 is 1.45. The Balaban J connectivity index is 2.12. The maximum absolute atomic E-state index is 5.99. The summed E-state index contributed by atoms with van der Waals surface area (Å²) in [6, 6.07) is 7.89. The quantitative estimate of drug-likeness (QED) is 0.736. The van der Waals surface area contributed by atoms with E-state index < -0.39 is 0 Å². The Morgan fingerprint density at radius 1 is 1.28 bits per heavy atom. The Bertz CT molecular complexity index is 707. The van der Waals surface area contributed by atoms with Crippen LogP contribution in [0.3, 0.4) is 0 Å². The summed E-state index contributed by atoms with van der Waals surface area (Å²) in [5, 5.41) is 8.61. The van der Waals surface area contributed by atoms with Gasteiger partial charge in [0.2, 0.25) is 5.16 Å². The van der Waals surface area contributed by atoms with E-state index in [4.69, 9.17) is 5.73 Å². The second-order valence-electron chi connectivity index (χ2n) is 3.87. The smallest absolute Gasteiger partial charge is 0.213 e. The first kappa shape index (κ1) is 11.0. The lowest BCUT2D eigenvalue weighted by Crippen LogP contribution is -1.92. The molecule has 0 aliphatic heterocycles. The SMILES string of the molecule is Cc1nc(Sc2c(N)cnc3ccccc23)n[nH]1. The maximum atomic E-state index is 5.99. The summed E-state index contributed by atoms with van der Waals surface area (Å²) in [6.07, 6.45) is 1.67. The molecule has 3 rings (SSSR count). The van der Waals surface area contributed by atoms with E-state index in [1.54, 1.807) is 6.20 Å². The van der Waals surface area contributed by atoms with E-state index in [-0.39, 0.29) is 0 Å². The molecule has 0 aliphatic carbocycles. The number of nitrogens with zero attached hydrogens (tertiary/aromatic N) is 3. The van der Waals surface area contributed by atoms with Crippen molar-refractivity contribution in [2.75, 3.05) is 5.73 Å². The van der Waals surface area contributed by atoms with Gasteiger partial charge in [-0.25, -0.2) is 4.98 Å². The molecule has 1 aromatic carbocycles. The molecule has 3 aromatic rings. The van der Waals surface area contributed by atoms with Crippen LogP contribution in [0.5, 0.6) is 0 Å². The van der Waals surface area contributed by atoms with Gasteiger partial charge in [0.05, 0.1) is 17.4 Å². The summed E-state index contributed by atoms with van der Waals surface area (Å²) in [7, 11) is 0. The Hall–Kier alpha value is -2.08. The molecule has 0 spiro atoms. The number of hydrogen-bond acceptors (Lipinski definition) is 5. The second-order valence-corrected chi connectivity index (χ2v) is 4.84. The average molecular weight is 257 g/mol. The van der Waals surface area contributed by atoms with E-state index in [0.717, 1.165) is 21.6 Å². The number of fused-ring (bicyclic) bond motifs is 1. The Labute approximate surface area is 108 Å². The summed E-state index contributed by atoms with van der Waals surface area (Å²) in [6.45, 7) is 1.87. The topological polar surface area (TPSA) is 80.5 Å². The lowest BCUT2D eigenvalue weighted by molar-refractivity contribution is 0.970. The minimum absolute atomic E-state index is 0.640. The minimum Gasteiger partial charge on any atom is -0.397 e. The van der Waals surface area contributed by atoms with E-state index in [1.807, 2.05) is 31.2 Å². The molecular weight excluding hydrogens is 246 g/mol. The highest BCUT2D eigenvalue weighted by Gasteiger charge is 2.10. The third-order valence-corrected chi connectivity index (χ3v) is 3.55. The fourth-order valence-corrected chi connectivity index (χ4v) is 2.61. The van der Waals surface area contributed by atoms with E-state index in [2.05, 4.69) is 20.2 Å². The number of nitrogens with two attached hydrogens (primary N) is 1. The highest BCUT2D eigenvalue weighted by molar-refractivity contribution is 7.99. The predicted molar refractivity (Wildman–Crippen MR) is 71.4 cm³/mol. The highest BCUT2D eigenvalue weighted by Crippen LogP contribution is 2.35. The van der Waals surface area contributed by atoms with Crippen molar-refractivity contribution in [1.82, 2.24) is 20.2 Å².